The number of benzene rings is 1. The first-order valence-electron chi connectivity index (χ1n) is 6.92. The Morgan fingerprint density at radius 2 is 2.08 bits per heavy atom. The van der Waals surface area contributed by atoms with Crippen LogP contribution in [-0.4, -0.2) is 36.9 Å². The standard InChI is InChI=1S/C15H16ClN3O4S/c1-3-8-19(10-15(20)17-14-9-11(2)23-18-14)24(21,22)13-6-4-12(16)5-7-13/h3-7,9H,1,8,10H2,2H3,(H,17,18,20). The molecular formula is C15H16ClN3O4S. The highest BCUT2D eigenvalue weighted by Gasteiger charge is 2.26. The van der Waals surface area contributed by atoms with Gasteiger partial charge >= 0.3 is 0 Å². The molecule has 0 saturated heterocycles. The average molecular weight is 370 g/mol. The van der Waals surface area contributed by atoms with E-state index in [2.05, 4.69) is 17.1 Å². The summed E-state index contributed by atoms with van der Waals surface area (Å²) in [6, 6.07) is 7.24. The molecule has 0 aliphatic rings. The molecule has 1 heterocycles. The van der Waals surface area contributed by atoms with Gasteiger partial charge in [-0.05, 0) is 31.2 Å². The van der Waals surface area contributed by atoms with Crippen LogP contribution in [0.2, 0.25) is 5.02 Å². The predicted molar refractivity (Wildman–Crippen MR) is 90.3 cm³/mol. The lowest BCUT2D eigenvalue weighted by atomic mass is 10.4. The van der Waals surface area contributed by atoms with Gasteiger partial charge in [0.25, 0.3) is 0 Å². The second-order valence-electron chi connectivity index (χ2n) is 4.91. The van der Waals surface area contributed by atoms with Crippen LogP contribution in [0.15, 0.2) is 52.4 Å². The highest BCUT2D eigenvalue weighted by molar-refractivity contribution is 7.89. The van der Waals surface area contributed by atoms with Gasteiger partial charge in [-0.1, -0.05) is 22.8 Å². The smallest absolute Gasteiger partial charge is 0.243 e. The van der Waals surface area contributed by atoms with Crippen molar-refractivity contribution in [1.82, 2.24) is 9.46 Å². The monoisotopic (exact) mass is 369 g/mol. The van der Waals surface area contributed by atoms with Crippen molar-refractivity contribution in [1.29, 1.82) is 0 Å². The van der Waals surface area contributed by atoms with Gasteiger partial charge < -0.3 is 9.84 Å². The van der Waals surface area contributed by atoms with Gasteiger partial charge in [0.15, 0.2) is 5.82 Å². The first-order chi connectivity index (χ1) is 11.3. The molecule has 2 rings (SSSR count). The minimum Gasteiger partial charge on any atom is -0.360 e. The summed E-state index contributed by atoms with van der Waals surface area (Å²) >= 11 is 5.77. The third-order valence-corrected chi connectivity index (χ3v) is 5.08. The van der Waals surface area contributed by atoms with E-state index in [9.17, 15) is 13.2 Å². The number of aromatic nitrogens is 1. The number of anilines is 1. The summed E-state index contributed by atoms with van der Waals surface area (Å²) in [7, 11) is -3.86. The van der Waals surface area contributed by atoms with Gasteiger partial charge in [0.1, 0.15) is 5.76 Å². The Kier molecular flexibility index (Phi) is 5.76. The first kappa shape index (κ1) is 18.2. The normalized spacial score (nSPS) is 11.5. The third kappa shape index (κ3) is 4.44. The van der Waals surface area contributed by atoms with Gasteiger partial charge in [-0.2, -0.15) is 4.31 Å². The van der Waals surface area contributed by atoms with Gasteiger partial charge in [0.2, 0.25) is 15.9 Å². The van der Waals surface area contributed by atoms with Crippen molar-refractivity contribution in [3.05, 3.63) is 53.8 Å². The van der Waals surface area contributed by atoms with Crippen LogP contribution in [0.3, 0.4) is 0 Å². The molecule has 128 valence electrons. The van der Waals surface area contributed by atoms with Gasteiger partial charge in [0, 0.05) is 17.6 Å². The number of sulfonamides is 1. The van der Waals surface area contributed by atoms with Crippen LogP contribution in [0, 0.1) is 6.92 Å². The molecular weight excluding hydrogens is 354 g/mol. The lowest BCUT2D eigenvalue weighted by molar-refractivity contribution is -0.116. The number of amides is 1. The van der Waals surface area contributed by atoms with E-state index in [1.165, 1.54) is 36.4 Å². The van der Waals surface area contributed by atoms with Crippen molar-refractivity contribution < 1.29 is 17.7 Å². The summed E-state index contributed by atoms with van der Waals surface area (Å²) < 4.78 is 31.1. The Hall–Kier alpha value is -2.16. The van der Waals surface area contributed by atoms with E-state index in [0.29, 0.717) is 10.8 Å². The molecule has 0 bridgehead atoms. The molecule has 0 spiro atoms. The van der Waals surface area contributed by atoms with Crippen LogP contribution in [0.5, 0.6) is 0 Å². The van der Waals surface area contributed by atoms with Crippen molar-refractivity contribution >= 4 is 33.3 Å². The largest absolute Gasteiger partial charge is 0.360 e. The number of carbonyl (C=O) groups is 1. The average Bonchev–Trinajstić information content (AvgIpc) is 2.92. The van der Waals surface area contributed by atoms with Crippen molar-refractivity contribution in [2.45, 2.75) is 11.8 Å². The van der Waals surface area contributed by atoms with Crippen LogP contribution in [0.4, 0.5) is 5.82 Å². The van der Waals surface area contributed by atoms with E-state index in [-0.39, 0.29) is 23.8 Å². The lowest BCUT2D eigenvalue weighted by Crippen LogP contribution is -2.38. The van der Waals surface area contributed by atoms with Crippen molar-refractivity contribution in [2.24, 2.45) is 0 Å². The molecule has 0 unspecified atom stereocenters. The molecule has 1 aromatic heterocycles. The van der Waals surface area contributed by atoms with Gasteiger partial charge in [0.05, 0.1) is 11.4 Å². The Labute approximate surface area is 144 Å². The molecule has 1 N–H and O–H groups in total. The number of nitrogens with one attached hydrogen (secondary N) is 1. The zero-order chi connectivity index (χ0) is 17.7. The Morgan fingerprint density at radius 3 is 2.62 bits per heavy atom. The van der Waals surface area contributed by atoms with Gasteiger partial charge in [-0.25, -0.2) is 8.42 Å². The summed E-state index contributed by atoms with van der Waals surface area (Å²) in [5, 5.41) is 6.53. The third-order valence-electron chi connectivity index (χ3n) is 3.00. The molecule has 0 aliphatic heterocycles. The maximum atomic E-state index is 12.6. The van der Waals surface area contributed by atoms with Crippen molar-refractivity contribution in [3.8, 4) is 0 Å². The van der Waals surface area contributed by atoms with Crippen LogP contribution in [0.1, 0.15) is 5.76 Å². The van der Waals surface area contributed by atoms with E-state index >= 15 is 0 Å². The highest BCUT2D eigenvalue weighted by Crippen LogP contribution is 2.18. The molecule has 9 heteroatoms. The summed E-state index contributed by atoms with van der Waals surface area (Å²) in [6.07, 6.45) is 1.40. The molecule has 0 saturated carbocycles. The Balaban J connectivity index is 2.17. The van der Waals surface area contributed by atoms with Crippen LogP contribution >= 0.6 is 11.6 Å². The number of rotatable bonds is 7. The quantitative estimate of drug-likeness (QED) is 0.757. The molecule has 0 radical (unpaired) electrons. The van der Waals surface area contributed by atoms with Gasteiger partial charge in [-0.15, -0.1) is 6.58 Å². The lowest BCUT2D eigenvalue weighted by Gasteiger charge is -2.20. The van der Waals surface area contributed by atoms with Crippen molar-refractivity contribution in [2.75, 3.05) is 18.4 Å². The molecule has 0 aliphatic carbocycles. The Morgan fingerprint density at radius 1 is 1.42 bits per heavy atom. The fourth-order valence-corrected chi connectivity index (χ4v) is 3.41. The fourth-order valence-electron chi connectivity index (χ4n) is 1.92. The molecule has 1 amide bonds. The summed E-state index contributed by atoms with van der Waals surface area (Å²) in [5.41, 5.74) is 0. The number of carbonyl (C=O) groups excluding carboxylic acids is 1. The zero-order valence-corrected chi connectivity index (χ0v) is 14.5. The predicted octanol–water partition coefficient (Wildman–Crippen LogP) is 2.45. The van der Waals surface area contributed by atoms with E-state index in [0.717, 1.165) is 4.31 Å². The molecule has 7 nitrogen and oxygen atoms in total. The number of nitrogens with zero attached hydrogens (tertiary/aromatic N) is 2. The van der Waals surface area contributed by atoms with Crippen LogP contribution in [-0.2, 0) is 14.8 Å². The highest BCUT2D eigenvalue weighted by atomic mass is 35.5. The van der Waals surface area contributed by atoms with E-state index < -0.39 is 15.9 Å². The number of hydrogen-bond donors (Lipinski definition) is 1. The second kappa shape index (κ2) is 7.61. The maximum Gasteiger partial charge on any atom is 0.243 e. The van der Waals surface area contributed by atoms with Gasteiger partial charge in [-0.3, -0.25) is 4.79 Å². The second-order valence-corrected chi connectivity index (χ2v) is 7.29. The Bertz CT molecular complexity index is 831. The minimum absolute atomic E-state index is 0.0176. The molecule has 0 atom stereocenters. The summed E-state index contributed by atoms with van der Waals surface area (Å²) in [4.78, 5) is 12.1. The van der Waals surface area contributed by atoms with Crippen molar-refractivity contribution in [3.63, 3.8) is 0 Å². The number of hydrogen-bond acceptors (Lipinski definition) is 5. The van der Waals surface area contributed by atoms with E-state index in [1.807, 2.05) is 0 Å². The SMILES string of the molecule is C=CCN(CC(=O)Nc1cc(C)on1)S(=O)(=O)c1ccc(Cl)cc1. The zero-order valence-electron chi connectivity index (χ0n) is 12.9. The topological polar surface area (TPSA) is 92.5 Å². The first-order valence-corrected chi connectivity index (χ1v) is 8.74. The minimum atomic E-state index is -3.86. The van der Waals surface area contributed by atoms with Crippen LogP contribution in [0.25, 0.3) is 0 Å². The van der Waals surface area contributed by atoms with Crippen LogP contribution < -0.4 is 5.32 Å². The summed E-state index contributed by atoms with van der Waals surface area (Å²) in [6.45, 7) is 4.80. The molecule has 24 heavy (non-hydrogen) atoms. The summed E-state index contributed by atoms with van der Waals surface area (Å²) in [5.74, 6) is 0.213. The van der Waals surface area contributed by atoms with E-state index in [1.54, 1.807) is 6.92 Å². The molecule has 1 aromatic carbocycles. The molecule has 2 aromatic rings. The number of aryl methyl sites for hydroxylation is 1. The fraction of sp³-hybridized carbons (Fsp3) is 0.200. The maximum absolute atomic E-state index is 12.6. The van der Waals surface area contributed by atoms with E-state index in [4.69, 9.17) is 16.1 Å². The number of halogens is 1. The molecule has 0 fully saturated rings.